The number of fused-ring (bicyclic) bond motifs is 3. The Hall–Kier alpha value is -0.600. The van der Waals surface area contributed by atoms with Gasteiger partial charge in [0.1, 0.15) is 4.83 Å². The molecular formula is C17H26Cl2N4OS2. The lowest BCUT2D eigenvalue weighted by atomic mass is 10.1. The van der Waals surface area contributed by atoms with Crippen LogP contribution in [0.5, 0.6) is 0 Å². The van der Waals surface area contributed by atoms with Crippen molar-refractivity contribution in [2.45, 2.75) is 45.2 Å². The van der Waals surface area contributed by atoms with Crippen LogP contribution in [-0.2, 0) is 0 Å². The Morgan fingerprint density at radius 1 is 1.23 bits per heavy atom. The molecule has 2 aromatic rings. The molecule has 2 aliphatic rings. The first-order valence-electron chi connectivity index (χ1n) is 8.88. The molecule has 146 valence electrons. The van der Waals surface area contributed by atoms with Crippen LogP contribution in [0.3, 0.4) is 0 Å². The van der Waals surface area contributed by atoms with E-state index in [-0.39, 0.29) is 30.7 Å². The third-order valence-corrected chi connectivity index (χ3v) is 7.34. The molecule has 2 saturated heterocycles. The van der Waals surface area contributed by atoms with Gasteiger partial charge in [-0.1, -0.05) is 11.3 Å². The zero-order chi connectivity index (χ0) is 16.7. The molecule has 2 unspecified atom stereocenters. The number of rotatable bonds is 4. The number of amides is 1. The van der Waals surface area contributed by atoms with E-state index in [0.29, 0.717) is 12.1 Å². The molecule has 1 amide bonds. The molecule has 4 rings (SSSR count). The van der Waals surface area contributed by atoms with Crippen LogP contribution in [0.1, 0.15) is 42.8 Å². The maximum Gasteiger partial charge on any atom is 0.264 e. The van der Waals surface area contributed by atoms with Gasteiger partial charge in [-0.2, -0.15) is 0 Å². The van der Waals surface area contributed by atoms with E-state index in [2.05, 4.69) is 24.1 Å². The molecular weight excluding hydrogens is 411 g/mol. The van der Waals surface area contributed by atoms with Crippen molar-refractivity contribution in [3.05, 3.63) is 10.9 Å². The Kier molecular flexibility index (Phi) is 7.56. The summed E-state index contributed by atoms with van der Waals surface area (Å²) in [7, 11) is 0. The van der Waals surface area contributed by atoms with Crippen molar-refractivity contribution in [1.29, 1.82) is 0 Å². The van der Waals surface area contributed by atoms with Gasteiger partial charge in [0.05, 0.1) is 9.58 Å². The molecule has 1 N–H and O–H groups in total. The van der Waals surface area contributed by atoms with E-state index < -0.39 is 0 Å². The molecule has 0 aromatic carbocycles. The summed E-state index contributed by atoms with van der Waals surface area (Å²) < 4.78 is 1.14. The molecule has 2 aliphatic heterocycles. The van der Waals surface area contributed by atoms with Gasteiger partial charge in [-0.15, -0.1) is 36.2 Å². The number of anilines is 1. The molecule has 0 saturated carbocycles. The smallest absolute Gasteiger partial charge is 0.264 e. The Morgan fingerprint density at radius 2 is 1.96 bits per heavy atom. The predicted molar refractivity (Wildman–Crippen MR) is 116 cm³/mol. The number of hydrogen-bond donors (Lipinski definition) is 1. The molecule has 26 heavy (non-hydrogen) atoms. The molecule has 0 radical (unpaired) electrons. The van der Waals surface area contributed by atoms with Gasteiger partial charge in [-0.25, -0.2) is 4.98 Å². The highest BCUT2D eigenvalue weighted by Crippen LogP contribution is 2.35. The summed E-state index contributed by atoms with van der Waals surface area (Å²) in [5.74, 6) is 0.184. The number of likely N-dealkylation sites (tertiary alicyclic amines) is 1. The molecule has 9 heteroatoms. The van der Waals surface area contributed by atoms with E-state index >= 15 is 0 Å². The van der Waals surface area contributed by atoms with E-state index in [1.807, 2.05) is 11.0 Å². The largest absolute Gasteiger partial charge is 0.349 e. The van der Waals surface area contributed by atoms with Crippen molar-refractivity contribution in [3.8, 4) is 0 Å². The number of carbonyl (C=O) groups excluding carboxylic acids is 1. The van der Waals surface area contributed by atoms with Gasteiger partial charge < -0.3 is 15.1 Å². The van der Waals surface area contributed by atoms with E-state index in [4.69, 9.17) is 4.98 Å². The van der Waals surface area contributed by atoms with Crippen LogP contribution in [0, 0.1) is 0 Å². The zero-order valence-electron chi connectivity index (χ0n) is 15.1. The minimum Gasteiger partial charge on any atom is -0.349 e. The quantitative estimate of drug-likeness (QED) is 0.785. The summed E-state index contributed by atoms with van der Waals surface area (Å²) in [5, 5.41) is 4.70. The highest BCUT2D eigenvalue weighted by Gasteiger charge is 2.32. The molecule has 0 aliphatic carbocycles. The van der Waals surface area contributed by atoms with Crippen molar-refractivity contribution in [2.24, 2.45) is 0 Å². The van der Waals surface area contributed by atoms with Gasteiger partial charge in [0.2, 0.25) is 0 Å². The second-order valence-corrected chi connectivity index (χ2v) is 8.67. The highest BCUT2D eigenvalue weighted by molar-refractivity contribution is 7.29. The first kappa shape index (κ1) is 21.7. The number of hydrogen-bond acceptors (Lipinski definition) is 6. The second-order valence-electron chi connectivity index (χ2n) is 6.63. The van der Waals surface area contributed by atoms with Gasteiger partial charge >= 0.3 is 0 Å². The number of thiazole rings is 1. The summed E-state index contributed by atoms with van der Waals surface area (Å²) >= 11 is 3.24. The van der Waals surface area contributed by atoms with Gasteiger partial charge in [0, 0.05) is 38.3 Å². The van der Waals surface area contributed by atoms with Crippen molar-refractivity contribution in [2.75, 3.05) is 31.1 Å². The van der Waals surface area contributed by atoms with Crippen LogP contribution < -0.4 is 10.2 Å². The van der Waals surface area contributed by atoms with Crippen molar-refractivity contribution in [1.82, 2.24) is 15.2 Å². The number of aromatic nitrogens is 1. The van der Waals surface area contributed by atoms with Gasteiger partial charge in [-0.3, -0.25) is 4.79 Å². The third kappa shape index (κ3) is 4.12. The Morgan fingerprint density at radius 3 is 2.65 bits per heavy atom. The van der Waals surface area contributed by atoms with E-state index in [1.54, 1.807) is 22.7 Å². The van der Waals surface area contributed by atoms with Crippen molar-refractivity contribution in [3.63, 3.8) is 0 Å². The molecule has 0 spiro atoms. The maximum atomic E-state index is 12.9. The summed E-state index contributed by atoms with van der Waals surface area (Å²) in [6, 6.07) is 3.14. The van der Waals surface area contributed by atoms with Crippen molar-refractivity contribution < 1.29 is 4.79 Å². The summed E-state index contributed by atoms with van der Waals surface area (Å²) in [4.78, 5) is 23.8. The summed E-state index contributed by atoms with van der Waals surface area (Å²) in [6.45, 7) is 7.94. The maximum absolute atomic E-state index is 12.9. The Labute approximate surface area is 175 Å². The van der Waals surface area contributed by atoms with Crippen LogP contribution in [0.25, 0.3) is 9.53 Å². The molecule has 5 nitrogen and oxygen atoms in total. The predicted octanol–water partition coefficient (Wildman–Crippen LogP) is 4.01. The number of nitrogens with one attached hydrogen (secondary N) is 1. The Bertz CT molecular complexity index is 715. The molecule has 4 heterocycles. The normalized spacial score (nSPS) is 21.8. The van der Waals surface area contributed by atoms with Gasteiger partial charge in [-0.05, 0) is 39.2 Å². The minimum atomic E-state index is 0. The molecule has 2 aromatic heterocycles. The van der Waals surface area contributed by atoms with Crippen LogP contribution in [0.2, 0.25) is 0 Å². The molecule has 2 bridgehead atoms. The first-order valence-corrected chi connectivity index (χ1v) is 10.5. The lowest BCUT2D eigenvalue weighted by Gasteiger charge is -2.23. The fourth-order valence-electron chi connectivity index (χ4n) is 3.74. The minimum absolute atomic E-state index is 0. The third-order valence-electron chi connectivity index (χ3n) is 5.13. The average Bonchev–Trinajstić information content (AvgIpc) is 3.21. The SMILES string of the molecule is CCN(CC)c1nc2sc(C(=O)N3CCC4CCC(C3)N4)cc2s1.Cl.Cl. The number of halogens is 2. The van der Waals surface area contributed by atoms with E-state index in [1.165, 1.54) is 12.8 Å². The van der Waals surface area contributed by atoms with E-state index in [0.717, 1.165) is 52.1 Å². The van der Waals surface area contributed by atoms with Crippen LogP contribution >= 0.6 is 47.5 Å². The molecule has 2 fully saturated rings. The van der Waals surface area contributed by atoms with E-state index in [9.17, 15) is 4.79 Å². The zero-order valence-corrected chi connectivity index (χ0v) is 18.3. The topological polar surface area (TPSA) is 48.5 Å². The summed E-state index contributed by atoms with van der Waals surface area (Å²) in [6.07, 6.45) is 3.54. The first-order chi connectivity index (χ1) is 11.7. The Balaban J connectivity index is 0.00000121. The lowest BCUT2D eigenvalue weighted by molar-refractivity contribution is 0.0753. The van der Waals surface area contributed by atoms with Gasteiger partial charge in [0.25, 0.3) is 5.91 Å². The average molecular weight is 437 g/mol. The summed E-state index contributed by atoms with van der Waals surface area (Å²) in [5.41, 5.74) is 0. The highest BCUT2D eigenvalue weighted by atomic mass is 35.5. The fourth-order valence-corrected chi connectivity index (χ4v) is 6.05. The van der Waals surface area contributed by atoms with Crippen LogP contribution in [-0.4, -0.2) is 54.1 Å². The standard InChI is InChI=1S/C17H24N4OS2.2ClH/c1-3-20(4-2)17-19-15-13(24-17)9-14(23-15)16(22)21-8-7-11-5-6-12(10-21)18-11;;/h9,11-12,18H,3-8,10H2,1-2H3;2*1H. The molecule has 2 atom stereocenters. The van der Waals surface area contributed by atoms with Crippen molar-refractivity contribution >= 4 is 68.1 Å². The van der Waals surface area contributed by atoms with Crippen LogP contribution in [0.15, 0.2) is 6.07 Å². The number of carbonyl (C=O) groups is 1. The number of nitrogens with zero attached hydrogens (tertiary/aromatic N) is 3. The van der Waals surface area contributed by atoms with Gasteiger partial charge in [0.15, 0.2) is 5.13 Å². The van der Waals surface area contributed by atoms with Crippen LogP contribution in [0.4, 0.5) is 5.13 Å². The monoisotopic (exact) mass is 436 g/mol. The lowest BCUT2D eigenvalue weighted by Crippen LogP contribution is -2.38. The second kappa shape index (κ2) is 9.06. The number of thiophene rings is 1. The fraction of sp³-hybridized carbons (Fsp3) is 0.647.